The van der Waals surface area contributed by atoms with Gasteiger partial charge in [0, 0.05) is 13.1 Å². The van der Waals surface area contributed by atoms with Crippen molar-refractivity contribution >= 4 is 5.91 Å². The molecular weight excluding hydrogens is 303 g/mol. The van der Waals surface area contributed by atoms with E-state index in [9.17, 15) is 9.18 Å². The second-order valence-electron chi connectivity index (χ2n) is 6.37. The first-order valence-electron chi connectivity index (χ1n) is 8.43. The summed E-state index contributed by atoms with van der Waals surface area (Å²) in [6.45, 7) is 2.08. The molecule has 1 amide bonds. The molecule has 0 N–H and O–H groups in total. The van der Waals surface area contributed by atoms with E-state index in [0.29, 0.717) is 6.54 Å². The Labute approximate surface area is 142 Å². The summed E-state index contributed by atoms with van der Waals surface area (Å²) in [5.74, 6) is -0.0839. The lowest BCUT2D eigenvalue weighted by Crippen LogP contribution is -2.39. The lowest BCUT2D eigenvalue weighted by molar-refractivity contribution is -0.131. The molecule has 3 nitrogen and oxygen atoms in total. The number of carbonyl (C=O) groups excluding carboxylic acids is 1. The molecule has 1 saturated heterocycles. The maximum atomic E-state index is 13.3. The molecular formula is C20H23FN2O. The lowest BCUT2D eigenvalue weighted by atomic mass is 9.97. The number of nitrogens with zero attached hydrogens (tertiary/aromatic N) is 2. The molecule has 1 unspecified atom stereocenters. The number of hydrogen-bond donors (Lipinski definition) is 0. The van der Waals surface area contributed by atoms with E-state index >= 15 is 0 Å². The van der Waals surface area contributed by atoms with Crippen LogP contribution in [0.2, 0.25) is 0 Å². The minimum Gasteiger partial charge on any atom is -0.342 e. The summed E-state index contributed by atoms with van der Waals surface area (Å²) >= 11 is 0. The minimum atomic E-state index is -0.249. The second kappa shape index (κ2) is 7.58. The number of amides is 1. The molecule has 0 aromatic heterocycles. The highest BCUT2D eigenvalue weighted by atomic mass is 19.1. The third kappa shape index (κ3) is 3.82. The van der Waals surface area contributed by atoms with Crippen LogP contribution in [0.1, 0.15) is 30.0 Å². The van der Waals surface area contributed by atoms with Gasteiger partial charge in [-0.05, 0) is 43.1 Å². The Balaban J connectivity index is 1.83. The lowest BCUT2D eigenvalue weighted by Gasteiger charge is -2.30. The number of likely N-dealkylation sites (tertiary alicyclic amines) is 1. The summed E-state index contributed by atoms with van der Waals surface area (Å²) in [6.07, 6.45) is 2.19. The van der Waals surface area contributed by atoms with Gasteiger partial charge in [0.2, 0.25) is 5.91 Å². The summed E-state index contributed by atoms with van der Waals surface area (Å²) in [5.41, 5.74) is 2.08. The Morgan fingerprint density at radius 3 is 2.25 bits per heavy atom. The Morgan fingerprint density at radius 1 is 1.04 bits per heavy atom. The average molecular weight is 326 g/mol. The van der Waals surface area contributed by atoms with Crippen LogP contribution in [-0.2, 0) is 4.79 Å². The van der Waals surface area contributed by atoms with Crippen molar-refractivity contribution in [1.82, 2.24) is 9.80 Å². The normalized spacial score (nSPS) is 15.7. The molecule has 0 bridgehead atoms. The number of benzene rings is 2. The van der Waals surface area contributed by atoms with Crippen molar-refractivity contribution in [2.75, 3.05) is 26.7 Å². The smallest absolute Gasteiger partial charge is 0.236 e. The molecule has 0 saturated carbocycles. The number of likely N-dealkylation sites (N-methyl/N-ethyl adjacent to an activating group) is 1. The van der Waals surface area contributed by atoms with Crippen LogP contribution in [0.5, 0.6) is 0 Å². The van der Waals surface area contributed by atoms with Gasteiger partial charge in [-0.2, -0.15) is 0 Å². The van der Waals surface area contributed by atoms with E-state index in [0.717, 1.165) is 37.1 Å². The van der Waals surface area contributed by atoms with E-state index in [2.05, 4.69) is 0 Å². The van der Waals surface area contributed by atoms with E-state index in [1.54, 1.807) is 12.1 Å². The van der Waals surface area contributed by atoms with Crippen molar-refractivity contribution in [2.24, 2.45) is 0 Å². The van der Waals surface area contributed by atoms with Crippen molar-refractivity contribution in [3.05, 3.63) is 71.5 Å². The molecule has 1 aliphatic rings. The van der Waals surface area contributed by atoms with Gasteiger partial charge in [-0.3, -0.25) is 9.69 Å². The Morgan fingerprint density at radius 2 is 1.62 bits per heavy atom. The highest BCUT2D eigenvalue weighted by Crippen LogP contribution is 2.27. The van der Waals surface area contributed by atoms with Crippen LogP contribution in [0.15, 0.2) is 54.6 Å². The Hall–Kier alpha value is -2.20. The van der Waals surface area contributed by atoms with Crippen LogP contribution in [0.3, 0.4) is 0 Å². The van der Waals surface area contributed by atoms with Crippen LogP contribution < -0.4 is 0 Å². The van der Waals surface area contributed by atoms with Crippen LogP contribution in [0, 0.1) is 5.82 Å². The molecule has 0 spiro atoms. The monoisotopic (exact) mass is 326 g/mol. The predicted octanol–water partition coefficient (Wildman–Crippen LogP) is 3.47. The van der Waals surface area contributed by atoms with Gasteiger partial charge < -0.3 is 4.90 Å². The molecule has 1 aliphatic heterocycles. The van der Waals surface area contributed by atoms with Crippen molar-refractivity contribution in [2.45, 2.75) is 18.9 Å². The summed E-state index contributed by atoms with van der Waals surface area (Å²) in [7, 11) is 1.95. The first kappa shape index (κ1) is 16.7. The molecule has 2 aromatic carbocycles. The SMILES string of the molecule is CN(CC(=O)N1CCCC1)C(c1ccccc1)c1ccc(F)cc1. The van der Waals surface area contributed by atoms with E-state index in [1.807, 2.05) is 47.2 Å². The standard InChI is InChI=1S/C20H23FN2O/c1-22(15-19(24)23-13-5-6-14-23)20(16-7-3-2-4-8-16)17-9-11-18(21)12-10-17/h2-4,7-12,20H,5-6,13-15H2,1H3. The number of rotatable bonds is 5. The summed E-state index contributed by atoms with van der Waals surface area (Å²) in [6, 6.07) is 16.5. The van der Waals surface area contributed by atoms with Crippen molar-refractivity contribution < 1.29 is 9.18 Å². The molecule has 126 valence electrons. The number of hydrogen-bond acceptors (Lipinski definition) is 2. The topological polar surface area (TPSA) is 23.6 Å². The average Bonchev–Trinajstić information content (AvgIpc) is 3.12. The van der Waals surface area contributed by atoms with Gasteiger partial charge >= 0.3 is 0 Å². The first-order chi connectivity index (χ1) is 11.6. The zero-order chi connectivity index (χ0) is 16.9. The highest BCUT2D eigenvalue weighted by molar-refractivity contribution is 5.78. The third-order valence-corrected chi connectivity index (χ3v) is 4.59. The van der Waals surface area contributed by atoms with Crippen LogP contribution in [0.4, 0.5) is 4.39 Å². The third-order valence-electron chi connectivity index (χ3n) is 4.59. The Bertz CT molecular complexity index is 666. The number of carbonyl (C=O) groups is 1. The summed E-state index contributed by atoms with van der Waals surface area (Å²) in [4.78, 5) is 16.5. The molecule has 0 aliphatic carbocycles. The van der Waals surface area contributed by atoms with Crippen LogP contribution in [-0.4, -0.2) is 42.4 Å². The van der Waals surface area contributed by atoms with Crippen molar-refractivity contribution in [1.29, 1.82) is 0 Å². The molecule has 2 aromatic rings. The summed E-state index contributed by atoms with van der Waals surface area (Å²) in [5, 5.41) is 0. The largest absolute Gasteiger partial charge is 0.342 e. The number of halogens is 1. The fourth-order valence-corrected chi connectivity index (χ4v) is 3.35. The van der Waals surface area contributed by atoms with Crippen molar-refractivity contribution in [3.63, 3.8) is 0 Å². The van der Waals surface area contributed by atoms with Gasteiger partial charge in [-0.1, -0.05) is 42.5 Å². The van der Waals surface area contributed by atoms with Gasteiger partial charge in [-0.25, -0.2) is 4.39 Å². The van der Waals surface area contributed by atoms with Crippen molar-refractivity contribution in [3.8, 4) is 0 Å². The van der Waals surface area contributed by atoms with E-state index in [1.165, 1.54) is 12.1 Å². The zero-order valence-electron chi connectivity index (χ0n) is 14.0. The first-order valence-corrected chi connectivity index (χ1v) is 8.43. The minimum absolute atomic E-state index is 0.0710. The quantitative estimate of drug-likeness (QED) is 0.840. The Kier molecular flexibility index (Phi) is 5.26. The van der Waals surface area contributed by atoms with Gasteiger partial charge in [0.25, 0.3) is 0 Å². The van der Waals surface area contributed by atoms with Gasteiger partial charge in [-0.15, -0.1) is 0 Å². The molecule has 3 rings (SSSR count). The van der Waals surface area contributed by atoms with Gasteiger partial charge in [0.15, 0.2) is 0 Å². The molecule has 1 heterocycles. The molecule has 0 radical (unpaired) electrons. The molecule has 4 heteroatoms. The maximum absolute atomic E-state index is 13.3. The predicted molar refractivity (Wildman–Crippen MR) is 93.1 cm³/mol. The maximum Gasteiger partial charge on any atom is 0.236 e. The van der Waals surface area contributed by atoms with Gasteiger partial charge in [0.05, 0.1) is 12.6 Å². The second-order valence-corrected chi connectivity index (χ2v) is 6.37. The summed E-state index contributed by atoms with van der Waals surface area (Å²) < 4.78 is 13.3. The fraction of sp³-hybridized carbons (Fsp3) is 0.350. The highest BCUT2D eigenvalue weighted by Gasteiger charge is 2.24. The van der Waals surface area contributed by atoms with E-state index in [-0.39, 0.29) is 17.8 Å². The van der Waals surface area contributed by atoms with E-state index in [4.69, 9.17) is 0 Å². The van der Waals surface area contributed by atoms with Gasteiger partial charge in [0.1, 0.15) is 5.82 Å². The molecule has 1 fully saturated rings. The fourth-order valence-electron chi connectivity index (χ4n) is 3.35. The van der Waals surface area contributed by atoms with Crippen LogP contribution >= 0.6 is 0 Å². The molecule has 24 heavy (non-hydrogen) atoms. The molecule has 1 atom stereocenters. The zero-order valence-corrected chi connectivity index (χ0v) is 14.0. The van der Waals surface area contributed by atoms with E-state index < -0.39 is 0 Å². The van der Waals surface area contributed by atoms with Crippen LogP contribution in [0.25, 0.3) is 0 Å².